The molecule has 0 aromatic carbocycles. The fourth-order valence-corrected chi connectivity index (χ4v) is 5.74. The number of carbonyl (C=O) groups excluding carboxylic acids is 1. The second-order valence-corrected chi connectivity index (χ2v) is 8.66. The Morgan fingerprint density at radius 2 is 2.00 bits per heavy atom. The zero-order chi connectivity index (χ0) is 21.3. The molecule has 0 unspecified atom stereocenters. The highest BCUT2D eigenvalue weighted by molar-refractivity contribution is 5.94. The van der Waals surface area contributed by atoms with Crippen LogP contribution in [0.2, 0.25) is 0 Å². The Morgan fingerprint density at radius 3 is 2.77 bits per heavy atom. The van der Waals surface area contributed by atoms with Gasteiger partial charge in [0.1, 0.15) is 11.3 Å². The number of aryl methyl sites for hydroxylation is 1. The Kier molecular flexibility index (Phi) is 6.06. The normalized spacial score (nSPS) is 28.4. The van der Waals surface area contributed by atoms with Crippen molar-refractivity contribution in [2.24, 2.45) is 18.9 Å². The van der Waals surface area contributed by atoms with Crippen LogP contribution in [0.25, 0.3) is 11.0 Å². The fourth-order valence-electron chi connectivity index (χ4n) is 5.74. The lowest BCUT2D eigenvalue weighted by Crippen LogP contribution is -2.65. The molecule has 8 nitrogen and oxygen atoms in total. The third kappa shape index (κ3) is 3.70. The minimum atomic E-state index is -0.250. The number of nitrogens with zero attached hydrogens (tertiary/aromatic N) is 4. The van der Waals surface area contributed by atoms with Gasteiger partial charge >= 0.3 is 0 Å². The number of fused-ring (bicyclic) bond motifs is 5. The van der Waals surface area contributed by atoms with E-state index < -0.39 is 0 Å². The molecule has 0 aliphatic carbocycles. The first-order chi connectivity index (χ1) is 14.6. The van der Waals surface area contributed by atoms with E-state index in [0.29, 0.717) is 23.6 Å². The van der Waals surface area contributed by atoms with Crippen molar-refractivity contribution in [1.82, 2.24) is 19.4 Å². The third-order valence-corrected chi connectivity index (χ3v) is 7.03. The Hall–Kier alpha value is -2.45. The summed E-state index contributed by atoms with van der Waals surface area (Å²) >= 11 is 0. The minimum absolute atomic E-state index is 0.0359. The lowest BCUT2D eigenvalue weighted by atomic mass is 9.72. The van der Waals surface area contributed by atoms with Crippen molar-refractivity contribution >= 4 is 23.4 Å². The zero-order valence-electron chi connectivity index (χ0n) is 17.4. The van der Waals surface area contributed by atoms with Crippen molar-refractivity contribution in [2.45, 2.75) is 37.8 Å². The summed E-state index contributed by atoms with van der Waals surface area (Å²) in [6.45, 7) is 2.60. The van der Waals surface area contributed by atoms with Crippen LogP contribution in [0.1, 0.15) is 36.2 Å². The predicted molar refractivity (Wildman–Crippen MR) is 112 cm³/mol. The maximum atomic E-state index is 13.2. The second kappa shape index (κ2) is 8.73. The van der Waals surface area contributed by atoms with E-state index in [1.807, 2.05) is 40.9 Å². The summed E-state index contributed by atoms with van der Waals surface area (Å²) < 4.78 is 1.96. The van der Waals surface area contributed by atoms with Crippen molar-refractivity contribution in [3.8, 4) is 0 Å². The van der Waals surface area contributed by atoms with E-state index in [0.717, 1.165) is 37.1 Å². The van der Waals surface area contributed by atoms with Crippen LogP contribution in [0.3, 0.4) is 0 Å². The molecule has 3 fully saturated rings. The number of likely N-dealkylation sites (tertiary alicyclic amines) is 1. The van der Waals surface area contributed by atoms with Gasteiger partial charge in [0, 0.05) is 43.8 Å². The van der Waals surface area contributed by atoms with Gasteiger partial charge in [0.25, 0.3) is 12.4 Å². The van der Waals surface area contributed by atoms with Gasteiger partial charge in [-0.15, -0.1) is 0 Å². The number of aromatic nitrogens is 2. The number of piperidine rings is 3. The number of aliphatic hydroxyl groups excluding tert-OH is 1. The number of carbonyl (C=O) groups is 2. The SMILES string of the molecule is Cn1ccc2ccc(C(=O)N3C[C@H]4C[C@@H](C3)[C@H](CO)N3CCCC[C@@H]43)nc21.O=CO. The standard InChI is InChI=1S/C21H28N4O2.CH2O2/c1-23-9-7-14-5-6-17(22-20(14)23)21(27)24-11-15-10-16(12-24)19(13-26)25-8-3-2-4-18(15)25;2-1-3/h5-7,9,15-16,18-19,26H,2-4,8,10-13H2,1H3;1H,(H,2,3)/t15-,16+,18+,19+;/m1./s1. The van der Waals surface area contributed by atoms with Crippen LogP contribution in [-0.4, -0.2) is 80.3 Å². The topological polar surface area (TPSA) is 98.9 Å². The summed E-state index contributed by atoms with van der Waals surface area (Å²) in [7, 11) is 1.96. The first kappa shape index (κ1) is 20.8. The first-order valence-electron chi connectivity index (χ1n) is 10.7. The molecule has 2 aromatic rings. The van der Waals surface area contributed by atoms with Crippen molar-refractivity contribution in [3.05, 3.63) is 30.1 Å². The molecule has 8 heteroatoms. The van der Waals surface area contributed by atoms with Crippen LogP contribution in [0, 0.1) is 11.8 Å². The van der Waals surface area contributed by atoms with Crippen molar-refractivity contribution < 1.29 is 19.8 Å². The van der Waals surface area contributed by atoms with Gasteiger partial charge < -0.3 is 19.7 Å². The maximum absolute atomic E-state index is 13.2. The molecule has 1 amide bonds. The Bertz CT molecular complexity index is 900. The zero-order valence-corrected chi connectivity index (χ0v) is 17.4. The molecule has 2 bridgehead atoms. The van der Waals surface area contributed by atoms with E-state index in [1.165, 1.54) is 19.3 Å². The average Bonchev–Trinajstić information content (AvgIpc) is 3.14. The molecule has 2 aromatic heterocycles. The number of hydrogen-bond acceptors (Lipinski definition) is 5. The highest BCUT2D eigenvalue weighted by atomic mass is 16.3. The summed E-state index contributed by atoms with van der Waals surface area (Å²) in [4.78, 5) is 30.8. The van der Waals surface area contributed by atoms with Crippen molar-refractivity contribution in [2.75, 3.05) is 26.2 Å². The Morgan fingerprint density at radius 1 is 1.23 bits per heavy atom. The molecule has 4 atom stereocenters. The average molecular weight is 415 g/mol. The molecule has 5 rings (SSSR count). The van der Waals surface area contributed by atoms with E-state index in [9.17, 15) is 9.90 Å². The number of rotatable bonds is 2. The molecular weight excluding hydrogens is 384 g/mol. The van der Waals surface area contributed by atoms with Crippen LogP contribution in [0.5, 0.6) is 0 Å². The van der Waals surface area contributed by atoms with E-state index >= 15 is 0 Å². The Labute approximate surface area is 176 Å². The molecule has 0 spiro atoms. The fraction of sp³-hybridized carbons (Fsp3) is 0.591. The van der Waals surface area contributed by atoms with E-state index in [2.05, 4.69) is 9.88 Å². The highest BCUT2D eigenvalue weighted by Gasteiger charge is 2.47. The van der Waals surface area contributed by atoms with Crippen LogP contribution in [0.4, 0.5) is 0 Å². The summed E-state index contributed by atoms with van der Waals surface area (Å²) in [6, 6.07) is 6.58. The molecular formula is C22H30N4O4. The van der Waals surface area contributed by atoms with E-state index in [4.69, 9.17) is 9.90 Å². The summed E-state index contributed by atoms with van der Waals surface area (Å²) in [6.07, 6.45) is 6.81. The van der Waals surface area contributed by atoms with Gasteiger partial charge in [0.05, 0.1) is 6.61 Å². The van der Waals surface area contributed by atoms with Crippen LogP contribution < -0.4 is 0 Å². The number of carboxylic acid groups (broad SMARTS) is 1. The largest absolute Gasteiger partial charge is 0.483 e. The van der Waals surface area contributed by atoms with Crippen LogP contribution in [-0.2, 0) is 11.8 Å². The van der Waals surface area contributed by atoms with Crippen molar-refractivity contribution in [3.63, 3.8) is 0 Å². The molecule has 5 heterocycles. The number of amides is 1. The van der Waals surface area contributed by atoms with Gasteiger partial charge in [0.15, 0.2) is 0 Å². The van der Waals surface area contributed by atoms with E-state index in [1.54, 1.807) is 0 Å². The molecule has 30 heavy (non-hydrogen) atoms. The van der Waals surface area contributed by atoms with Crippen LogP contribution in [0.15, 0.2) is 24.4 Å². The third-order valence-electron chi connectivity index (χ3n) is 7.03. The lowest BCUT2D eigenvalue weighted by Gasteiger charge is -2.56. The molecule has 3 aliphatic heterocycles. The van der Waals surface area contributed by atoms with Crippen molar-refractivity contribution in [1.29, 1.82) is 0 Å². The smallest absolute Gasteiger partial charge is 0.290 e. The summed E-state index contributed by atoms with van der Waals surface area (Å²) in [5.41, 5.74) is 1.38. The van der Waals surface area contributed by atoms with Crippen LogP contribution >= 0.6 is 0 Å². The summed E-state index contributed by atoms with van der Waals surface area (Å²) in [5.74, 6) is 0.925. The quantitative estimate of drug-likeness (QED) is 0.724. The second-order valence-electron chi connectivity index (χ2n) is 8.66. The predicted octanol–water partition coefficient (Wildman–Crippen LogP) is 1.58. The van der Waals surface area contributed by atoms with E-state index in [-0.39, 0.29) is 25.0 Å². The first-order valence-corrected chi connectivity index (χ1v) is 10.7. The highest BCUT2D eigenvalue weighted by Crippen LogP contribution is 2.41. The maximum Gasteiger partial charge on any atom is 0.290 e. The van der Waals surface area contributed by atoms with Gasteiger partial charge in [-0.3, -0.25) is 14.5 Å². The number of aliphatic hydroxyl groups is 1. The van der Waals surface area contributed by atoms with Gasteiger partial charge in [-0.05, 0) is 55.8 Å². The number of pyridine rings is 1. The monoisotopic (exact) mass is 414 g/mol. The Balaban J connectivity index is 0.000000687. The molecule has 2 N–H and O–H groups in total. The minimum Gasteiger partial charge on any atom is -0.483 e. The van der Waals surface area contributed by atoms with Gasteiger partial charge in [0.2, 0.25) is 0 Å². The van der Waals surface area contributed by atoms with Gasteiger partial charge in [-0.2, -0.15) is 0 Å². The van der Waals surface area contributed by atoms with Gasteiger partial charge in [-0.1, -0.05) is 6.42 Å². The molecule has 3 aliphatic rings. The summed E-state index contributed by atoms with van der Waals surface area (Å²) in [5, 5.41) is 18.0. The lowest BCUT2D eigenvalue weighted by molar-refractivity contribution is -0.122. The molecule has 162 valence electrons. The molecule has 0 saturated carbocycles. The number of hydrogen-bond donors (Lipinski definition) is 2. The molecule has 0 radical (unpaired) electrons. The van der Waals surface area contributed by atoms with Gasteiger partial charge in [-0.25, -0.2) is 4.98 Å². The molecule has 3 saturated heterocycles.